The van der Waals surface area contributed by atoms with Crippen LogP contribution in [-0.4, -0.2) is 59.3 Å². The number of aryl methyl sites for hydroxylation is 2. The van der Waals surface area contributed by atoms with Crippen molar-refractivity contribution in [2.75, 3.05) is 31.6 Å². The lowest BCUT2D eigenvalue weighted by atomic mass is 9.95. The van der Waals surface area contributed by atoms with Crippen molar-refractivity contribution in [1.82, 2.24) is 14.8 Å². The zero-order valence-corrected chi connectivity index (χ0v) is 24.2. The third-order valence-corrected chi connectivity index (χ3v) is 8.28. The Kier molecular flexibility index (Phi) is 7.66. The van der Waals surface area contributed by atoms with Gasteiger partial charge in [0.1, 0.15) is 17.3 Å². The highest BCUT2D eigenvalue weighted by Gasteiger charge is 2.35. The standard InChI is InChI=1S/C33H40N6O/c1-7-30(40)38-12-13-39-29(20-38)15-21(2)14-27-16-23(4)31(36-33(27)39)32(34)35-28-9-8-26(22(3)17-28)19-25-10-11-37(6)24(5)18-25/h7-11,16-18,21,29H,1,5,12-15,19-20H2,2-4,6H3,(H2,34,35). The number of likely N-dealkylation sites (N-methyl/N-ethyl adjacent to an activating group) is 1. The van der Waals surface area contributed by atoms with Gasteiger partial charge in [-0.05, 0) is 97.2 Å². The van der Waals surface area contributed by atoms with Crippen molar-refractivity contribution < 1.29 is 4.79 Å². The molecule has 4 heterocycles. The molecule has 3 aliphatic heterocycles. The van der Waals surface area contributed by atoms with Crippen LogP contribution in [0.3, 0.4) is 0 Å². The average Bonchev–Trinajstić information content (AvgIpc) is 3.05. The molecule has 7 nitrogen and oxygen atoms in total. The zero-order chi connectivity index (χ0) is 28.6. The van der Waals surface area contributed by atoms with Crippen molar-refractivity contribution in [2.24, 2.45) is 16.6 Å². The molecule has 3 aliphatic rings. The highest BCUT2D eigenvalue weighted by atomic mass is 16.2. The number of amidine groups is 1. The molecule has 208 valence electrons. The van der Waals surface area contributed by atoms with Crippen molar-refractivity contribution in [3.8, 4) is 0 Å². The van der Waals surface area contributed by atoms with Gasteiger partial charge in [0.25, 0.3) is 0 Å². The smallest absolute Gasteiger partial charge is 0.246 e. The van der Waals surface area contributed by atoms with Crippen LogP contribution < -0.4 is 10.6 Å². The minimum Gasteiger partial charge on any atom is -0.382 e. The molecule has 1 aromatic heterocycles. The van der Waals surface area contributed by atoms with Crippen molar-refractivity contribution in [3.05, 3.63) is 101 Å². The van der Waals surface area contributed by atoms with E-state index in [1.165, 1.54) is 28.3 Å². The number of pyridine rings is 1. The van der Waals surface area contributed by atoms with Crippen LogP contribution in [0.5, 0.6) is 0 Å². The fraction of sp³-hybridized carbons (Fsp3) is 0.364. The summed E-state index contributed by atoms with van der Waals surface area (Å²) in [5.74, 6) is 1.88. The van der Waals surface area contributed by atoms with Crippen molar-refractivity contribution in [2.45, 2.75) is 46.1 Å². The summed E-state index contributed by atoms with van der Waals surface area (Å²) in [6.45, 7) is 16.3. The van der Waals surface area contributed by atoms with E-state index in [0.717, 1.165) is 54.3 Å². The van der Waals surface area contributed by atoms with Gasteiger partial charge in [-0.15, -0.1) is 0 Å². The molecule has 5 rings (SSSR count). The molecule has 2 atom stereocenters. The van der Waals surface area contributed by atoms with E-state index in [0.29, 0.717) is 24.8 Å². The number of aliphatic imine (C=N–C) groups is 1. The zero-order valence-electron chi connectivity index (χ0n) is 24.2. The van der Waals surface area contributed by atoms with Gasteiger partial charge in [-0.3, -0.25) is 4.79 Å². The van der Waals surface area contributed by atoms with Crippen LogP contribution in [-0.2, 0) is 17.6 Å². The summed E-state index contributed by atoms with van der Waals surface area (Å²) >= 11 is 0. The van der Waals surface area contributed by atoms with Crippen LogP contribution in [0.25, 0.3) is 0 Å². The molecule has 2 unspecified atom stereocenters. The van der Waals surface area contributed by atoms with E-state index < -0.39 is 0 Å². The molecule has 0 radical (unpaired) electrons. The first-order valence-electron chi connectivity index (χ1n) is 14.1. The summed E-state index contributed by atoms with van der Waals surface area (Å²) in [4.78, 5) is 28.5. The molecule has 2 aromatic rings. The Balaban J connectivity index is 1.40. The van der Waals surface area contributed by atoms with Gasteiger partial charge in [-0.2, -0.15) is 0 Å². The Bertz CT molecular complexity index is 1450. The molecule has 1 aromatic carbocycles. The number of hydrogen-bond donors (Lipinski definition) is 1. The number of anilines is 1. The fourth-order valence-electron chi connectivity index (χ4n) is 6.04. The third-order valence-electron chi connectivity index (χ3n) is 8.28. The quantitative estimate of drug-likeness (QED) is 0.332. The number of rotatable bonds is 5. The SMILES string of the molecule is C=CC(=O)N1CCN2c3nc(C(N)=Nc4ccc(CC5=CC(=C)N(C)C=C5)c(C)c4)c(C)cc3CC(C)CC2C1. The molecule has 1 amide bonds. The van der Waals surface area contributed by atoms with Crippen molar-refractivity contribution >= 4 is 23.2 Å². The van der Waals surface area contributed by atoms with Crippen LogP contribution >= 0.6 is 0 Å². The molecule has 0 spiro atoms. The maximum Gasteiger partial charge on any atom is 0.246 e. The summed E-state index contributed by atoms with van der Waals surface area (Å²) in [5, 5.41) is 0. The van der Waals surface area contributed by atoms with Gasteiger partial charge in [-0.1, -0.05) is 32.2 Å². The third kappa shape index (κ3) is 5.60. The van der Waals surface area contributed by atoms with E-state index in [-0.39, 0.29) is 11.9 Å². The molecular weight excluding hydrogens is 496 g/mol. The molecule has 2 N–H and O–H groups in total. The summed E-state index contributed by atoms with van der Waals surface area (Å²) in [7, 11) is 2.00. The van der Waals surface area contributed by atoms with E-state index in [4.69, 9.17) is 15.7 Å². The van der Waals surface area contributed by atoms with Gasteiger partial charge in [0.15, 0.2) is 0 Å². The highest BCUT2D eigenvalue weighted by Crippen LogP contribution is 2.34. The number of piperazine rings is 1. The number of nitrogens with two attached hydrogens (primary N) is 1. The monoisotopic (exact) mass is 536 g/mol. The maximum atomic E-state index is 12.3. The van der Waals surface area contributed by atoms with E-state index >= 15 is 0 Å². The molecule has 0 saturated carbocycles. The number of amides is 1. The Morgan fingerprint density at radius 2 is 2.02 bits per heavy atom. The molecule has 1 saturated heterocycles. The number of carbonyl (C=O) groups is 1. The van der Waals surface area contributed by atoms with Gasteiger partial charge in [0.05, 0.1) is 5.69 Å². The number of carbonyl (C=O) groups excluding carboxylic acids is 1. The van der Waals surface area contributed by atoms with E-state index in [1.807, 2.05) is 29.1 Å². The molecule has 1 fully saturated rings. The lowest BCUT2D eigenvalue weighted by Gasteiger charge is -2.42. The minimum atomic E-state index is -0.00277. The number of nitrogens with zero attached hydrogens (tertiary/aromatic N) is 5. The number of hydrogen-bond acceptors (Lipinski definition) is 5. The topological polar surface area (TPSA) is 78.1 Å². The minimum absolute atomic E-state index is 0.00277. The predicted octanol–water partition coefficient (Wildman–Crippen LogP) is 4.96. The molecule has 40 heavy (non-hydrogen) atoms. The molecule has 7 heteroatoms. The normalized spacial score (nSPS) is 21.0. The summed E-state index contributed by atoms with van der Waals surface area (Å²) in [6.07, 6.45) is 10.5. The van der Waals surface area contributed by atoms with Crippen LogP contribution in [0.15, 0.2) is 78.1 Å². The summed E-state index contributed by atoms with van der Waals surface area (Å²) in [5.41, 5.74) is 15.1. The van der Waals surface area contributed by atoms with Crippen LogP contribution in [0.1, 0.15) is 41.3 Å². The second kappa shape index (κ2) is 11.2. The molecule has 0 bridgehead atoms. The Morgan fingerprint density at radius 1 is 1.23 bits per heavy atom. The average molecular weight is 537 g/mol. The lowest BCUT2D eigenvalue weighted by Crippen LogP contribution is -2.55. The van der Waals surface area contributed by atoms with Crippen LogP contribution in [0.4, 0.5) is 11.5 Å². The van der Waals surface area contributed by atoms with Gasteiger partial charge in [0.2, 0.25) is 5.91 Å². The van der Waals surface area contributed by atoms with Crippen LogP contribution in [0, 0.1) is 19.8 Å². The fourth-order valence-corrected chi connectivity index (χ4v) is 6.04. The van der Waals surface area contributed by atoms with E-state index in [2.05, 4.69) is 69.2 Å². The van der Waals surface area contributed by atoms with Crippen molar-refractivity contribution in [3.63, 3.8) is 0 Å². The lowest BCUT2D eigenvalue weighted by molar-refractivity contribution is -0.126. The van der Waals surface area contributed by atoms with Gasteiger partial charge in [0, 0.05) is 44.6 Å². The highest BCUT2D eigenvalue weighted by molar-refractivity contribution is 5.99. The van der Waals surface area contributed by atoms with Crippen molar-refractivity contribution in [1.29, 1.82) is 0 Å². The number of aromatic nitrogens is 1. The van der Waals surface area contributed by atoms with E-state index in [1.54, 1.807) is 0 Å². The predicted molar refractivity (Wildman–Crippen MR) is 164 cm³/mol. The largest absolute Gasteiger partial charge is 0.382 e. The second-order valence-electron chi connectivity index (χ2n) is 11.4. The molecule has 0 aliphatic carbocycles. The Labute approximate surface area is 238 Å². The first kappa shape index (κ1) is 27.4. The van der Waals surface area contributed by atoms with Gasteiger partial charge < -0.3 is 20.4 Å². The van der Waals surface area contributed by atoms with Crippen LogP contribution in [0.2, 0.25) is 0 Å². The van der Waals surface area contributed by atoms with E-state index in [9.17, 15) is 4.79 Å². The maximum absolute atomic E-state index is 12.3. The summed E-state index contributed by atoms with van der Waals surface area (Å²) < 4.78 is 0. The Morgan fingerprint density at radius 3 is 2.75 bits per heavy atom. The molecular formula is C33H40N6O. The first-order valence-corrected chi connectivity index (χ1v) is 14.1. The Hall–Kier alpha value is -4.13. The number of allylic oxidation sites excluding steroid dienone is 3. The number of fused-ring (bicyclic) bond motifs is 3. The number of benzene rings is 1. The second-order valence-corrected chi connectivity index (χ2v) is 11.4. The van der Waals surface area contributed by atoms with Gasteiger partial charge in [-0.25, -0.2) is 9.98 Å². The van der Waals surface area contributed by atoms with Gasteiger partial charge >= 0.3 is 0 Å². The first-order chi connectivity index (χ1) is 19.1. The summed E-state index contributed by atoms with van der Waals surface area (Å²) in [6, 6.07) is 8.69.